The molecule has 1 aromatic carbocycles. The Hall–Kier alpha value is -2.40. The van der Waals surface area contributed by atoms with Crippen molar-refractivity contribution in [2.75, 3.05) is 11.9 Å². The molecule has 0 aliphatic heterocycles. The molecule has 0 saturated heterocycles. The lowest BCUT2D eigenvalue weighted by atomic mass is 10.3. The fourth-order valence-corrected chi connectivity index (χ4v) is 2.07. The molecule has 100 valence electrons. The Kier molecular flexibility index (Phi) is 3.12. The van der Waals surface area contributed by atoms with Crippen molar-refractivity contribution in [1.82, 2.24) is 14.4 Å². The van der Waals surface area contributed by atoms with Crippen LogP contribution in [-0.2, 0) is 0 Å². The summed E-state index contributed by atoms with van der Waals surface area (Å²) in [5.74, 6) is 0.341. The van der Waals surface area contributed by atoms with Crippen LogP contribution in [-0.4, -0.2) is 27.3 Å². The number of anilines is 1. The van der Waals surface area contributed by atoms with Crippen LogP contribution >= 0.6 is 11.6 Å². The van der Waals surface area contributed by atoms with Crippen LogP contribution < -0.4 is 4.90 Å². The largest absolute Gasteiger partial charge is 0.310 e. The molecule has 20 heavy (non-hydrogen) atoms. The van der Waals surface area contributed by atoms with Gasteiger partial charge in [0.15, 0.2) is 0 Å². The first kappa shape index (κ1) is 12.6. The van der Waals surface area contributed by atoms with E-state index in [1.54, 1.807) is 59.1 Å². The summed E-state index contributed by atoms with van der Waals surface area (Å²) in [7, 11) is 1.71. The topological polar surface area (TPSA) is 50.5 Å². The van der Waals surface area contributed by atoms with Gasteiger partial charge in [-0.2, -0.15) is 0 Å². The molecule has 6 heteroatoms. The van der Waals surface area contributed by atoms with Gasteiger partial charge in [0.25, 0.3) is 5.91 Å². The number of rotatable bonds is 2. The molecule has 2 heterocycles. The number of nitrogens with zero attached hydrogens (tertiary/aromatic N) is 4. The second-order valence-corrected chi connectivity index (χ2v) is 4.71. The smallest absolute Gasteiger partial charge is 0.276 e. The number of carbonyl (C=O) groups excluding carboxylic acids is 1. The maximum absolute atomic E-state index is 12.5. The third-order valence-corrected chi connectivity index (χ3v) is 3.28. The lowest BCUT2D eigenvalue weighted by Gasteiger charge is -2.16. The first-order valence-electron chi connectivity index (χ1n) is 5.98. The van der Waals surface area contributed by atoms with Gasteiger partial charge in [-0.1, -0.05) is 11.6 Å². The minimum Gasteiger partial charge on any atom is -0.310 e. The normalized spacial score (nSPS) is 10.7. The molecule has 0 saturated carbocycles. The van der Waals surface area contributed by atoms with Crippen molar-refractivity contribution in [1.29, 1.82) is 0 Å². The van der Waals surface area contributed by atoms with Gasteiger partial charge in [-0.25, -0.2) is 9.97 Å². The van der Waals surface area contributed by atoms with E-state index >= 15 is 0 Å². The summed E-state index contributed by atoms with van der Waals surface area (Å²) in [6.07, 6.45) is 4.93. The monoisotopic (exact) mass is 286 g/mol. The number of fused-ring (bicyclic) bond motifs is 1. The van der Waals surface area contributed by atoms with Crippen molar-refractivity contribution in [2.45, 2.75) is 0 Å². The predicted molar refractivity (Wildman–Crippen MR) is 77.2 cm³/mol. The maximum atomic E-state index is 12.5. The number of halogens is 1. The molecule has 0 fully saturated rings. The van der Waals surface area contributed by atoms with Crippen LogP contribution in [0.4, 0.5) is 5.69 Å². The number of imidazole rings is 1. The quantitative estimate of drug-likeness (QED) is 0.728. The zero-order chi connectivity index (χ0) is 14.1. The van der Waals surface area contributed by atoms with Crippen LogP contribution in [0.3, 0.4) is 0 Å². The van der Waals surface area contributed by atoms with Gasteiger partial charge >= 0.3 is 0 Å². The highest BCUT2D eigenvalue weighted by Crippen LogP contribution is 2.19. The first-order valence-corrected chi connectivity index (χ1v) is 6.36. The molecule has 0 unspecified atom stereocenters. The van der Waals surface area contributed by atoms with Crippen LogP contribution in [0.25, 0.3) is 5.78 Å². The van der Waals surface area contributed by atoms with Gasteiger partial charge < -0.3 is 4.90 Å². The fraction of sp³-hybridized carbons (Fsp3) is 0.0714. The minimum atomic E-state index is -0.159. The Morgan fingerprint density at radius 1 is 1.25 bits per heavy atom. The molecule has 0 aliphatic carbocycles. The maximum Gasteiger partial charge on any atom is 0.276 e. The van der Waals surface area contributed by atoms with E-state index in [0.29, 0.717) is 16.5 Å². The highest BCUT2D eigenvalue weighted by Gasteiger charge is 2.17. The van der Waals surface area contributed by atoms with Crippen molar-refractivity contribution >= 4 is 29.0 Å². The third-order valence-electron chi connectivity index (χ3n) is 3.03. The van der Waals surface area contributed by atoms with Crippen molar-refractivity contribution in [3.05, 3.63) is 59.6 Å². The van der Waals surface area contributed by atoms with Gasteiger partial charge in [-0.05, 0) is 30.3 Å². The van der Waals surface area contributed by atoms with E-state index in [0.717, 1.165) is 5.69 Å². The van der Waals surface area contributed by atoms with Gasteiger partial charge in [0.2, 0.25) is 5.78 Å². The molecule has 2 aromatic heterocycles. The standard InChI is InChI=1S/C14H11ClN4O/c1-18(11-5-3-10(15)4-6-11)13(20)12-9-17-14-16-7-2-8-19(12)14/h2-9H,1H3. The molecule has 5 nitrogen and oxygen atoms in total. The van der Waals surface area contributed by atoms with Gasteiger partial charge in [-0.15, -0.1) is 0 Å². The van der Waals surface area contributed by atoms with E-state index in [4.69, 9.17) is 11.6 Å². The van der Waals surface area contributed by atoms with E-state index in [2.05, 4.69) is 9.97 Å². The molecule has 3 aromatic rings. The zero-order valence-electron chi connectivity index (χ0n) is 10.7. The van der Waals surface area contributed by atoms with Crippen LogP contribution in [0, 0.1) is 0 Å². The summed E-state index contributed by atoms with van der Waals surface area (Å²) in [6, 6.07) is 8.84. The van der Waals surface area contributed by atoms with Crippen molar-refractivity contribution in [3.8, 4) is 0 Å². The van der Waals surface area contributed by atoms with Crippen LogP contribution in [0.15, 0.2) is 48.9 Å². The third kappa shape index (κ3) is 2.12. The lowest BCUT2D eigenvalue weighted by Crippen LogP contribution is -2.27. The van der Waals surface area contributed by atoms with Crippen molar-refractivity contribution in [2.24, 2.45) is 0 Å². The van der Waals surface area contributed by atoms with Gasteiger partial charge in [0, 0.05) is 30.2 Å². The Balaban J connectivity index is 1.97. The van der Waals surface area contributed by atoms with E-state index in [9.17, 15) is 4.79 Å². The summed E-state index contributed by atoms with van der Waals surface area (Å²) >= 11 is 5.85. The average molecular weight is 287 g/mol. The number of carbonyl (C=O) groups is 1. The lowest BCUT2D eigenvalue weighted by molar-refractivity contribution is 0.0987. The molecule has 3 rings (SSSR count). The minimum absolute atomic E-state index is 0.159. The summed E-state index contributed by atoms with van der Waals surface area (Å²) < 4.78 is 1.66. The number of aromatic nitrogens is 3. The molecule has 0 N–H and O–H groups in total. The first-order chi connectivity index (χ1) is 9.66. The molecule has 0 atom stereocenters. The average Bonchev–Trinajstić information content (AvgIpc) is 2.90. The SMILES string of the molecule is CN(C(=O)c1cnc2ncccn12)c1ccc(Cl)cc1. The Labute approximate surface area is 120 Å². The molecular weight excluding hydrogens is 276 g/mol. The van der Waals surface area contributed by atoms with Crippen molar-refractivity contribution < 1.29 is 4.79 Å². The Morgan fingerprint density at radius 3 is 2.75 bits per heavy atom. The molecule has 0 bridgehead atoms. The second kappa shape index (κ2) is 4.94. The molecule has 1 amide bonds. The highest BCUT2D eigenvalue weighted by molar-refractivity contribution is 6.30. The summed E-state index contributed by atoms with van der Waals surface area (Å²) in [4.78, 5) is 22.3. The number of benzene rings is 1. The van der Waals surface area contributed by atoms with Crippen LogP contribution in [0.2, 0.25) is 5.02 Å². The number of hydrogen-bond acceptors (Lipinski definition) is 3. The fourth-order valence-electron chi connectivity index (χ4n) is 1.94. The van der Waals surface area contributed by atoms with Gasteiger partial charge in [0.05, 0.1) is 6.20 Å². The van der Waals surface area contributed by atoms with Crippen LogP contribution in [0.5, 0.6) is 0 Å². The highest BCUT2D eigenvalue weighted by atomic mass is 35.5. The van der Waals surface area contributed by atoms with E-state index < -0.39 is 0 Å². The predicted octanol–water partition coefficient (Wildman–Crippen LogP) is 2.66. The summed E-state index contributed by atoms with van der Waals surface area (Å²) in [6.45, 7) is 0. The summed E-state index contributed by atoms with van der Waals surface area (Å²) in [5.41, 5.74) is 1.23. The summed E-state index contributed by atoms with van der Waals surface area (Å²) in [5, 5.41) is 0.633. The molecule has 0 aliphatic rings. The van der Waals surface area contributed by atoms with Crippen molar-refractivity contribution in [3.63, 3.8) is 0 Å². The number of amides is 1. The molecule has 0 radical (unpaired) electrons. The van der Waals surface area contributed by atoms with E-state index in [1.807, 2.05) is 0 Å². The Bertz CT molecular complexity index is 766. The zero-order valence-corrected chi connectivity index (χ0v) is 11.4. The molecule has 0 spiro atoms. The van der Waals surface area contributed by atoms with E-state index in [1.165, 1.54) is 6.20 Å². The Morgan fingerprint density at radius 2 is 2.00 bits per heavy atom. The second-order valence-electron chi connectivity index (χ2n) is 4.27. The molecular formula is C14H11ClN4O. The van der Waals surface area contributed by atoms with Gasteiger partial charge in [0.1, 0.15) is 5.69 Å². The van der Waals surface area contributed by atoms with E-state index in [-0.39, 0.29) is 5.91 Å². The van der Waals surface area contributed by atoms with Gasteiger partial charge in [-0.3, -0.25) is 9.20 Å². The van der Waals surface area contributed by atoms with Crippen LogP contribution in [0.1, 0.15) is 10.5 Å². The number of hydrogen-bond donors (Lipinski definition) is 0.